The minimum absolute atomic E-state index is 0.229. The third-order valence-electron chi connectivity index (χ3n) is 2.28. The van der Waals surface area contributed by atoms with Crippen molar-refractivity contribution < 1.29 is 9.47 Å². The molecule has 0 aromatic carbocycles. The summed E-state index contributed by atoms with van der Waals surface area (Å²) in [6.07, 6.45) is 1.67. The Hall–Kier alpha value is -0.590. The number of hydrogen-bond donors (Lipinski definition) is 0. The zero-order valence-electron chi connectivity index (χ0n) is 8.80. The summed E-state index contributed by atoms with van der Waals surface area (Å²) in [6.45, 7) is 5.86. The van der Waals surface area contributed by atoms with Crippen molar-refractivity contribution in [3.8, 4) is 6.07 Å². The highest BCUT2D eigenvalue weighted by Gasteiger charge is 2.20. The summed E-state index contributed by atoms with van der Waals surface area (Å²) in [5.41, 5.74) is -0.229. The molecule has 0 N–H and O–H groups in total. The molecule has 0 aromatic rings. The van der Waals surface area contributed by atoms with Gasteiger partial charge < -0.3 is 9.47 Å². The molecule has 0 fully saturated rings. The predicted molar refractivity (Wildman–Crippen MR) is 51.3 cm³/mol. The van der Waals surface area contributed by atoms with E-state index >= 15 is 0 Å². The van der Waals surface area contributed by atoms with Crippen LogP contribution < -0.4 is 0 Å². The molecule has 0 aliphatic rings. The van der Waals surface area contributed by atoms with E-state index in [1.807, 2.05) is 13.8 Å². The maximum atomic E-state index is 8.86. The lowest BCUT2D eigenvalue weighted by molar-refractivity contribution is 0.0594. The van der Waals surface area contributed by atoms with Crippen LogP contribution in [0.1, 0.15) is 26.7 Å². The molecular weight excluding hydrogens is 166 g/mol. The summed E-state index contributed by atoms with van der Waals surface area (Å²) in [5.74, 6) is 0. The number of hydrogen-bond acceptors (Lipinski definition) is 3. The molecule has 0 amide bonds. The predicted octanol–water partition coefficient (Wildman–Crippen LogP) is 1.98. The van der Waals surface area contributed by atoms with E-state index in [9.17, 15) is 0 Å². The van der Waals surface area contributed by atoms with Crippen LogP contribution in [0, 0.1) is 16.7 Å². The van der Waals surface area contributed by atoms with Gasteiger partial charge in [-0.25, -0.2) is 0 Å². The quantitative estimate of drug-likeness (QED) is 0.569. The second-order valence-electron chi connectivity index (χ2n) is 3.38. The highest BCUT2D eigenvalue weighted by atomic mass is 16.5. The van der Waals surface area contributed by atoms with Crippen LogP contribution in [-0.4, -0.2) is 26.9 Å². The van der Waals surface area contributed by atoms with E-state index in [2.05, 4.69) is 6.07 Å². The molecule has 1 atom stereocenters. The zero-order chi connectivity index (χ0) is 10.2. The Balaban J connectivity index is 3.46. The molecule has 0 heterocycles. The monoisotopic (exact) mass is 185 g/mol. The van der Waals surface area contributed by atoms with Crippen molar-refractivity contribution in [1.29, 1.82) is 5.26 Å². The molecule has 3 heteroatoms. The average Bonchev–Trinajstić information content (AvgIpc) is 2.17. The Morgan fingerprint density at radius 2 is 2.00 bits per heavy atom. The SMILES string of the molecule is CCC(C)(C#N)CCOCCOC. The van der Waals surface area contributed by atoms with Crippen LogP contribution in [0.25, 0.3) is 0 Å². The maximum absolute atomic E-state index is 8.86. The second kappa shape index (κ2) is 6.88. The van der Waals surface area contributed by atoms with E-state index in [4.69, 9.17) is 14.7 Å². The van der Waals surface area contributed by atoms with Crippen LogP contribution in [0.4, 0.5) is 0 Å². The summed E-state index contributed by atoms with van der Waals surface area (Å²) in [6, 6.07) is 2.31. The molecule has 0 aliphatic heterocycles. The fourth-order valence-corrected chi connectivity index (χ4v) is 0.853. The molecule has 0 saturated carbocycles. The Morgan fingerprint density at radius 1 is 1.31 bits per heavy atom. The first-order valence-electron chi connectivity index (χ1n) is 4.66. The van der Waals surface area contributed by atoms with Gasteiger partial charge in [-0.15, -0.1) is 0 Å². The minimum Gasteiger partial charge on any atom is -0.382 e. The van der Waals surface area contributed by atoms with Gasteiger partial charge in [0.2, 0.25) is 0 Å². The fraction of sp³-hybridized carbons (Fsp3) is 0.900. The molecule has 0 aromatic heterocycles. The van der Waals surface area contributed by atoms with Crippen molar-refractivity contribution in [2.24, 2.45) is 5.41 Å². The molecule has 0 rings (SSSR count). The molecule has 0 saturated heterocycles. The topological polar surface area (TPSA) is 42.2 Å². The molecule has 0 bridgehead atoms. The molecular formula is C10H19NO2. The first-order chi connectivity index (χ1) is 6.18. The summed E-state index contributed by atoms with van der Waals surface area (Å²) in [7, 11) is 1.65. The molecule has 0 aliphatic carbocycles. The summed E-state index contributed by atoms with van der Waals surface area (Å²) in [5, 5.41) is 8.86. The van der Waals surface area contributed by atoms with Gasteiger partial charge in [-0.05, 0) is 19.8 Å². The third-order valence-corrected chi connectivity index (χ3v) is 2.28. The van der Waals surface area contributed by atoms with Crippen molar-refractivity contribution in [2.45, 2.75) is 26.7 Å². The van der Waals surface area contributed by atoms with Gasteiger partial charge >= 0.3 is 0 Å². The lowest BCUT2D eigenvalue weighted by Crippen LogP contribution is -2.16. The lowest BCUT2D eigenvalue weighted by Gasteiger charge is -2.18. The summed E-state index contributed by atoms with van der Waals surface area (Å²) >= 11 is 0. The van der Waals surface area contributed by atoms with E-state index in [1.54, 1.807) is 7.11 Å². The summed E-state index contributed by atoms with van der Waals surface area (Å²) < 4.78 is 10.1. The Morgan fingerprint density at radius 3 is 2.46 bits per heavy atom. The van der Waals surface area contributed by atoms with E-state index < -0.39 is 0 Å². The fourth-order valence-electron chi connectivity index (χ4n) is 0.853. The molecule has 1 unspecified atom stereocenters. The highest BCUT2D eigenvalue weighted by molar-refractivity contribution is 4.94. The van der Waals surface area contributed by atoms with E-state index in [0.29, 0.717) is 19.8 Å². The van der Waals surface area contributed by atoms with Crippen LogP contribution in [-0.2, 0) is 9.47 Å². The molecule has 0 spiro atoms. The zero-order valence-corrected chi connectivity index (χ0v) is 8.80. The number of nitriles is 1. The van der Waals surface area contributed by atoms with Crippen LogP contribution >= 0.6 is 0 Å². The molecule has 0 radical (unpaired) electrons. The van der Waals surface area contributed by atoms with E-state index in [0.717, 1.165) is 12.8 Å². The molecule has 13 heavy (non-hydrogen) atoms. The molecule has 76 valence electrons. The smallest absolute Gasteiger partial charge is 0.0700 e. The van der Waals surface area contributed by atoms with Crippen LogP contribution in [0.15, 0.2) is 0 Å². The Bertz CT molecular complexity index is 165. The third kappa shape index (κ3) is 5.62. The van der Waals surface area contributed by atoms with Gasteiger partial charge in [0.15, 0.2) is 0 Å². The van der Waals surface area contributed by atoms with Crippen LogP contribution in [0.5, 0.6) is 0 Å². The van der Waals surface area contributed by atoms with Gasteiger partial charge in [-0.1, -0.05) is 6.92 Å². The largest absolute Gasteiger partial charge is 0.382 e. The van der Waals surface area contributed by atoms with Gasteiger partial charge in [-0.3, -0.25) is 0 Å². The van der Waals surface area contributed by atoms with Crippen molar-refractivity contribution in [3.05, 3.63) is 0 Å². The van der Waals surface area contributed by atoms with Crippen molar-refractivity contribution in [3.63, 3.8) is 0 Å². The van der Waals surface area contributed by atoms with Gasteiger partial charge in [0.1, 0.15) is 0 Å². The van der Waals surface area contributed by atoms with E-state index in [1.165, 1.54) is 0 Å². The summed E-state index contributed by atoms with van der Waals surface area (Å²) in [4.78, 5) is 0. The maximum Gasteiger partial charge on any atom is 0.0700 e. The Labute approximate surface area is 80.6 Å². The number of rotatable bonds is 7. The average molecular weight is 185 g/mol. The minimum atomic E-state index is -0.229. The normalized spacial score (nSPS) is 14.9. The van der Waals surface area contributed by atoms with Crippen molar-refractivity contribution >= 4 is 0 Å². The first kappa shape index (κ1) is 12.4. The Kier molecular flexibility index (Phi) is 6.56. The lowest BCUT2D eigenvalue weighted by atomic mass is 9.86. The first-order valence-corrected chi connectivity index (χ1v) is 4.66. The number of methoxy groups -OCH3 is 1. The van der Waals surface area contributed by atoms with Crippen LogP contribution in [0.2, 0.25) is 0 Å². The standard InChI is InChI=1S/C10H19NO2/c1-4-10(2,9-11)5-6-13-8-7-12-3/h4-8H2,1-3H3. The van der Waals surface area contributed by atoms with Gasteiger partial charge in [0, 0.05) is 13.7 Å². The highest BCUT2D eigenvalue weighted by Crippen LogP contribution is 2.23. The molecule has 3 nitrogen and oxygen atoms in total. The number of nitrogens with zero attached hydrogens (tertiary/aromatic N) is 1. The van der Waals surface area contributed by atoms with E-state index in [-0.39, 0.29) is 5.41 Å². The number of ether oxygens (including phenoxy) is 2. The van der Waals surface area contributed by atoms with Gasteiger partial charge in [0.05, 0.1) is 24.7 Å². The van der Waals surface area contributed by atoms with Crippen LogP contribution in [0.3, 0.4) is 0 Å². The second-order valence-corrected chi connectivity index (χ2v) is 3.38. The van der Waals surface area contributed by atoms with Gasteiger partial charge in [-0.2, -0.15) is 5.26 Å². The van der Waals surface area contributed by atoms with Gasteiger partial charge in [0.25, 0.3) is 0 Å². The van der Waals surface area contributed by atoms with Crippen molar-refractivity contribution in [1.82, 2.24) is 0 Å². The van der Waals surface area contributed by atoms with Crippen molar-refractivity contribution in [2.75, 3.05) is 26.9 Å².